The monoisotopic (exact) mass is 548 g/mol. The van der Waals surface area contributed by atoms with Crippen LogP contribution < -0.4 is 14.8 Å². The minimum Gasteiger partial charge on any atom is -0.493 e. The second-order valence-electron chi connectivity index (χ2n) is 9.86. The number of benzene rings is 3. The first-order valence-corrected chi connectivity index (χ1v) is 14.4. The smallest absolute Gasteiger partial charge is 0.262 e. The Morgan fingerprint density at radius 1 is 1.03 bits per heavy atom. The molecule has 2 aliphatic rings. The van der Waals surface area contributed by atoms with Crippen molar-refractivity contribution in [2.75, 3.05) is 12.4 Å². The lowest BCUT2D eigenvalue weighted by molar-refractivity contribution is -0.129. The summed E-state index contributed by atoms with van der Waals surface area (Å²) in [5.74, 6) is 1.84. The number of ether oxygens (including phenoxy) is 2. The molecule has 3 aromatic carbocycles. The number of hydrogen-bond acceptors (Lipinski definition) is 5. The van der Waals surface area contributed by atoms with E-state index in [-0.39, 0.29) is 17.4 Å². The van der Waals surface area contributed by atoms with Gasteiger partial charge in [0.15, 0.2) is 17.0 Å². The van der Waals surface area contributed by atoms with Crippen molar-refractivity contribution in [3.8, 4) is 11.5 Å². The summed E-state index contributed by atoms with van der Waals surface area (Å²) in [6.07, 6.45) is 6.56. The van der Waals surface area contributed by atoms with Crippen LogP contribution in [0, 0.1) is 5.92 Å². The normalized spacial score (nSPS) is 22.5. The highest BCUT2D eigenvalue weighted by molar-refractivity contribution is 8.05. The third-order valence-electron chi connectivity index (χ3n) is 7.22. The number of carbonyl (C=O) groups is 1. The number of halogens is 1. The molecule has 0 radical (unpaired) electrons. The molecule has 3 aromatic rings. The average molecular weight is 549 g/mol. The van der Waals surface area contributed by atoms with E-state index >= 15 is 0 Å². The second kappa shape index (κ2) is 12.2. The number of thioether (sulfide) groups is 1. The first kappa shape index (κ1) is 26.5. The van der Waals surface area contributed by atoms with E-state index in [0.717, 1.165) is 41.0 Å². The maximum atomic E-state index is 13.8. The van der Waals surface area contributed by atoms with Gasteiger partial charge in [-0.05, 0) is 72.4 Å². The predicted octanol–water partition coefficient (Wildman–Crippen LogP) is 7.82. The summed E-state index contributed by atoms with van der Waals surface area (Å²) in [6.45, 7) is 2.68. The molecule has 0 aromatic heterocycles. The average Bonchev–Trinajstić information content (AvgIpc) is 3.23. The lowest BCUT2D eigenvalue weighted by atomic mass is 9.85. The second-order valence-corrected chi connectivity index (χ2v) is 11.4. The Morgan fingerprint density at radius 3 is 2.53 bits per heavy atom. The molecule has 0 spiro atoms. The third kappa shape index (κ3) is 6.13. The van der Waals surface area contributed by atoms with Crippen LogP contribution in [0.5, 0.6) is 11.5 Å². The number of nitrogens with one attached hydrogen (secondary N) is 1. The molecule has 1 saturated carbocycles. The topological polar surface area (TPSA) is 50.8 Å². The van der Waals surface area contributed by atoms with Crippen LogP contribution >= 0.6 is 23.4 Å². The zero-order chi connectivity index (χ0) is 26.5. The van der Waals surface area contributed by atoms with Crippen LogP contribution in [0.4, 0.5) is 5.69 Å². The molecule has 1 N–H and O–H groups in total. The van der Waals surface area contributed by atoms with Gasteiger partial charge in [0.25, 0.3) is 5.91 Å². The van der Waals surface area contributed by atoms with Gasteiger partial charge in [-0.2, -0.15) is 0 Å². The fraction of sp³-hybridized carbons (Fsp3) is 0.323. The van der Waals surface area contributed by atoms with Crippen LogP contribution in [0.25, 0.3) is 6.08 Å². The third-order valence-corrected chi connectivity index (χ3v) is 8.58. The van der Waals surface area contributed by atoms with Gasteiger partial charge in [0.2, 0.25) is 0 Å². The number of nitrogens with zero attached hydrogens (tertiary/aromatic N) is 1. The number of rotatable bonds is 8. The first-order valence-electron chi connectivity index (χ1n) is 13.1. The highest BCUT2D eigenvalue weighted by atomic mass is 35.5. The van der Waals surface area contributed by atoms with Crippen LogP contribution in [-0.2, 0) is 11.4 Å². The van der Waals surface area contributed by atoms with Gasteiger partial charge in [0.05, 0.1) is 12.0 Å². The minimum atomic E-state index is -0.148. The van der Waals surface area contributed by atoms with Crippen molar-refractivity contribution < 1.29 is 14.3 Å². The van der Waals surface area contributed by atoms with Crippen molar-refractivity contribution in [1.29, 1.82) is 0 Å². The van der Waals surface area contributed by atoms with Gasteiger partial charge in [0, 0.05) is 16.8 Å². The Hall–Kier alpha value is -3.09. The molecule has 1 saturated heterocycles. The van der Waals surface area contributed by atoms with Crippen molar-refractivity contribution in [3.63, 3.8) is 0 Å². The van der Waals surface area contributed by atoms with Gasteiger partial charge >= 0.3 is 0 Å². The van der Waals surface area contributed by atoms with E-state index in [1.54, 1.807) is 18.9 Å². The van der Waals surface area contributed by atoms with Crippen LogP contribution in [0.2, 0.25) is 5.02 Å². The summed E-state index contributed by atoms with van der Waals surface area (Å²) < 4.78 is 11.6. The highest BCUT2D eigenvalue weighted by Gasteiger charge is 2.42. The number of methoxy groups -OCH3 is 1. The van der Waals surface area contributed by atoms with E-state index in [9.17, 15) is 4.79 Å². The summed E-state index contributed by atoms with van der Waals surface area (Å²) in [4.78, 5) is 16.6. The van der Waals surface area contributed by atoms with E-state index in [0.29, 0.717) is 29.0 Å². The van der Waals surface area contributed by atoms with E-state index in [2.05, 4.69) is 17.1 Å². The van der Waals surface area contributed by atoms with E-state index < -0.39 is 0 Å². The molecule has 1 unspecified atom stereocenters. The summed E-state index contributed by atoms with van der Waals surface area (Å²) in [6, 6.07) is 23.7. The number of anilines is 1. The Labute approximate surface area is 234 Å². The van der Waals surface area contributed by atoms with Crippen molar-refractivity contribution in [3.05, 3.63) is 93.9 Å². The van der Waals surface area contributed by atoms with Crippen molar-refractivity contribution in [2.45, 2.75) is 50.8 Å². The summed E-state index contributed by atoms with van der Waals surface area (Å²) in [5, 5.41) is 4.29. The first-order chi connectivity index (χ1) is 18.5. The molecule has 1 amide bonds. The summed E-state index contributed by atoms with van der Waals surface area (Å²) in [5.41, 5.74) is 2.78. The standard InChI is InChI=1S/C31H33ClN2O3S/c1-21-8-6-7-11-26(21)34-30(35)29(38-31(34)33-25-9-4-3-5-10-25)19-23-14-17-27(28(18-23)36-2)37-20-22-12-15-24(32)16-13-22/h3-5,9-10,12-19,21,26,31,33H,6-8,11,20H2,1-2H3/b29-19-/t21-,26-,31?/m0/s1. The van der Waals surface area contributed by atoms with Crippen LogP contribution in [0.15, 0.2) is 77.7 Å². The molecule has 5 nitrogen and oxygen atoms in total. The Bertz CT molecular complexity index is 1280. The lowest BCUT2D eigenvalue weighted by Gasteiger charge is -2.39. The number of hydrogen-bond donors (Lipinski definition) is 1. The van der Waals surface area contributed by atoms with Gasteiger partial charge < -0.3 is 19.7 Å². The fourth-order valence-electron chi connectivity index (χ4n) is 5.15. The highest BCUT2D eigenvalue weighted by Crippen LogP contribution is 2.42. The van der Waals surface area contributed by atoms with Crippen molar-refractivity contribution in [1.82, 2.24) is 4.90 Å². The van der Waals surface area contributed by atoms with Gasteiger partial charge in [0.1, 0.15) is 6.61 Å². The maximum Gasteiger partial charge on any atom is 0.262 e. The molecule has 7 heteroatoms. The zero-order valence-corrected chi connectivity index (χ0v) is 23.3. The van der Waals surface area contributed by atoms with Gasteiger partial charge in [-0.3, -0.25) is 4.79 Å². The quantitative estimate of drug-likeness (QED) is 0.291. The number of carbonyl (C=O) groups excluding carboxylic acids is 1. The van der Waals surface area contributed by atoms with E-state index in [4.69, 9.17) is 21.1 Å². The van der Waals surface area contributed by atoms with E-state index in [1.807, 2.05) is 78.9 Å². The van der Waals surface area contributed by atoms with Crippen molar-refractivity contribution in [2.24, 2.45) is 5.92 Å². The molecule has 198 valence electrons. The SMILES string of the molecule is COc1cc(/C=C2\SC(Nc3ccccc3)N([C@H]3CCCC[C@@H]3C)C2=O)ccc1OCc1ccc(Cl)cc1. The largest absolute Gasteiger partial charge is 0.493 e. The summed E-state index contributed by atoms with van der Waals surface area (Å²) in [7, 11) is 1.63. The minimum absolute atomic E-state index is 0.0872. The fourth-order valence-corrected chi connectivity index (χ4v) is 6.49. The van der Waals surface area contributed by atoms with Gasteiger partial charge in [-0.15, -0.1) is 0 Å². The molecule has 2 fully saturated rings. The van der Waals surface area contributed by atoms with Gasteiger partial charge in [-0.1, -0.05) is 79.5 Å². The predicted molar refractivity (Wildman–Crippen MR) is 156 cm³/mol. The van der Waals surface area contributed by atoms with Gasteiger partial charge in [-0.25, -0.2) is 0 Å². The molecule has 5 rings (SSSR count). The Balaban J connectivity index is 1.37. The molecule has 1 heterocycles. The molecule has 1 aliphatic carbocycles. The van der Waals surface area contributed by atoms with Crippen LogP contribution in [0.1, 0.15) is 43.7 Å². The van der Waals surface area contributed by atoms with Crippen LogP contribution in [-0.4, -0.2) is 29.5 Å². The molecule has 0 bridgehead atoms. The Kier molecular flexibility index (Phi) is 8.50. The Morgan fingerprint density at radius 2 is 1.79 bits per heavy atom. The molecular weight excluding hydrogens is 516 g/mol. The number of para-hydroxylation sites is 1. The number of amides is 1. The van der Waals surface area contributed by atoms with E-state index in [1.165, 1.54) is 6.42 Å². The maximum absolute atomic E-state index is 13.8. The van der Waals surface area contributed by atoms with Crippen molar-refractivity contribution >= 4 is 41.0 Å². The summed E-state index contributed by atoms with van der Waals surface area (Å²) >= 11 is 7.57. The lowest BCUT2D eigenvalue weighted by Crippen LogP contribution is -2.48. The zero-order valence-electron chi connectivity index (χ0n) is 21.7. The molecular formula is C31H33ClN2O3S. The van der Waals surface area contributed by atoms with Crippen LogP contribution in [0.3, 0.4) is 0 Å². The molecule has 1 aliphatic heterocycles. The molecule has 38 heavy (non-hydrogen) atoms. The molecule has 3 atom stereocenters.